The molecule has 0 N–H and O–H groups in total. The van der Waals surface area contributed by atoms with Crippen LogP contribution in [0.3, 0.4) is 0 Å². The smallest absolute Gasteiger partial charge is 0.410 e. The van der Waals surface area contributed by atoms with Gasteiger partial charge in [-0.1, -0.05) is 18.2 Å². The Morgan fingerprint density at radius 2 is 1.89 bits per heavy atom. The third-order valence-electron chi connectivity index (χ3n) is 6.34. The Bertz CT molecular complexity index is 1090. The summed E-state index contributed by atoms with van der Waals surface area (Å²) in [4.78, 5) is 29.4. The summed E-state index contributed by atoms with van der Waals surface area (Å²) in [5.41, 5.74) is 1.10. The van der Waals surface area contributed by atoms with Crippen LogP contribution in [0, 0.1) is 0 Å². The summed E-state index contributed by atoms with van der Waals surface area (Å²) in [5.74, 6) is -0.181. The summed E-state index contributed by atoms with van der Waals surface area (Å²) in [6.45, 7) is 6.68. The van der Waals surface area contributed by atoms with E-state index in [1.807, 2.05) is 35.0 Å². The van der Waals surface area contributed by atoms with Gasteiger partial charge >= 0.3 is 12.3 Å². The molecular formula is C26H34F3N3O4. The summed E-state index contributed by atoms with van der Waals surface area (Å²) in [5, 5.41) is 0.919. The van der Waals surface area contributed by atoms with E-state index in [4.69, 9.17) is 9.47 Å². The summed E-state index contributed by atoms with van der Waals surface area (Å²) in [6, 6.07) is 7.65. The average molecular weight is 510 g/mol. The molecular weight excluding hydrogens is 475 g/mol. The number of para-hydroxylation sites is 1. The number of benzene rings is 1. The molecule has 1 aromatic heterocycles. The Hall–Kier alpha value is -2.75. The van der Waals surface area contributed by atoms with Crippen LogP contribution in [-0.2, 0) is 27.4 Å². The number of hydrogen-bond acceptors (Lipinski definition) is 4. The van der Waals surface area contributed by atoms with E-state index in [-0.39, 0.29) is 38.1 Å². The maximum atomic E-state index is 13.6. The van der Waals surface area contributed by atoms with Crippen molar-refractivity contribution in [2.45, 2.75) is 83.5 Å². The Labute approximate surface area is 209 Å². The number of morpholine rings is 1. The highest BCUT2D eigenvalue weighted by atomic mass is 19.4. The van der Waals surface area contributed by atoms with Crippen LogP contribution in [0.25, 0.3) is 10.9 Å². The number of aromatic nitrogens is 1. The molecule has 1 atom stereocenters. The Morgan fingerprint density at radius 3 is 2.56 bits per heavy atom. The molecule has 1 saturated heterocycles. The van der Waals surface area contributed by atoms with Gasteiger partial charge in [-0.3, -0.25) is 4.79 Å². The molecule has 1 aliphatic carbocycles. The van der Waals surface area contributed by atoms with Gasteiger partial charge in [0, 0.05) is 49.2 Å². The molecule has 198 valence electrons. The van der Waals surface area contributed by atoms with Crippen molar-refractivity contribution >= 4 is 22.9 Å². The van der Waals surface area contributed by atoms with Crippen LogP contribution in [-0.4, -0.2) is 70.0 Å². The van der Waals surface area contributed by atoms with Crippen molar-refractivity contribution in [3.63, 3.8) is 0 Å². The summed E-state index contributed by atoms with van der Waals surface area (Å²) < 4.78 is 51.1. The van der Waals surface area contributed by atoms with E-state index in [0.29, 0.717) is 13.1 Å². The van der Waals surface area contributed by atoms with Crippen LogP contribution in [0.15, 0.2) is 30.5 Å². The summed E-state index contributed by atoms with van der Waals surface area (Å²) in [6.07, 6.45) is -2.66. The van der Waals surface area contributed by atoms with Gasteiger partial charge in [0.05, 0.1) is 13.2 Å². The van der Waals surface area contributed by atoms with Crippen LogP contribution >= 0.6 is 0 Å². The number of amides is 2. The van der Waals surface area contributed by atoms with Crippen LogP contribution in [0.1, 0.15) is 52.0 Å². The maximum Gasteiger partial charge on any atom is 0.410 e. The van der Waals surface area contributed by atoms with E-state index < -0.39 is 30.4 Å². The van der Waals surface area contributed by atoms with Crippen molar-refractivity contribution in [2.75, 3.05) is 19.7 Å². The second-order valence-corrected chi connectivity index (χ2v) is 10.6. The first kappa shape index (κ1) is 26.3. The third kappa shape index (κ3) is 6.72. The molecule has 2 heterocycles. The quantitative estimate of drug-likeness (QED) is 0.520. The number of ether oxygens (including phenoxy) is 2. The van der Waals surface area contributed by atoms with Crippen molar-refractivity contribution in [2.24, 2.45) is 0 Å². The minimum absolute atomic E-state index is 0.0106. The molecule has 2 amide bonds. The lowest BCUT2D eigenvalue weighted by atomic mass is 10.1. The number of carbonyl (C=O) groups is 2. The number of rotatable bonds is 7. The SMILES string of the molecule is CC(C)(C)OC(=O)N1CCOC(C(=O)N(Cc2cn(CCCC(F)(F)F)c3ccccc23)C2CC2)C1. The predicted molar refractivity (Wildman–Crippen MR) is 128 cm³/mol. The van der Waals surface area contributed by atoms with Gasteiger partial charge in [-0.2, -0.15) is 13.2 Å². The summed E-state index contributed by atoms with van der Waals surface area (Å²) in [7, 11) is 0. The molecule has 4 rings (SSSR count). The van der Waals surface area contributed by atoms with E-state index in [2.05, 4.69) is 0 Å². The number of halogens is 3. The van der Waals surface area contributed by atoms with Crippen LogP contribution < -0.4 is 0 Å². The summed E-state index contributed by atoms with van der Waals surface area (Å²) >= 11 is 0. The predicted octanol–water partition coefficient (Wildman–Crippen LogP) is 5.11. The van der Waals surface area contributed by atoms with Gasteiger partial charge in [0.25, 0.3) is 5.91 Å². The van der Waals surface area contributed by atoms with E-state index in [1.165, 1.54) is 4.90 Å². The minimum Gasteiger partial charge on any atom is -0.444 e. The minimum atomic E-state index is -4.19. The van der Waals surface area contributed by atoms with E-state index in [0.717, 1.165) is 29.3 Å². The van der Waals surface area contributed by atoms with Crippen LogP contribution in [0.4, 0.5) is 18.0 Å². The first-order valence-corrected chi connectivity index (χ1v) is 12.4. The molecule has 1 aliphatic heterocycles. The van der Waals surface area contributed by atoms with Crippen molar-refractivity contribution in [3.05, 3.63) is 36.0 Å². The topological polar surface area (TPSA) is 64.0 Å². The lowest BCUT2D eigenvalue weighted by Gasteiger charge is -2.35. The molecule has 36 heavy (non-hydrogen) atoms. The van der Waals surface area contributed by atoms with Gasteiger partial charge in [-0.05, 0) is 51.7 Å². The number of nitrogens with zero attached hydrogens (tertiary/aromatic N) is 3. The number of aryl methyl sites for hydroxylation is 1. The largest absolute Gasteiger partial charge is 0.444 e. The van der Waals surface area contributed by atoms with Gasteiger partial charge < -0.3 is 23.8 Å². The molecule has 7 nitrogen and oxygen atoms in total. The Morgan fingerprint density at radius 1 is 1.17 bits per heavy atom. The molecule has 2 fully saturated rings. The molecule has 0 bridgehead atoms. The number of hydrogen-bond donors (Lipinski definition) is 0. The lowest BCUT2D eigenvalue weighted by molar-refractivity contribution is -0.150. The first-order valence-electron chi connectivity index (χ1n) is 12.4. The second-order valence-electron chi connectivity index (χ2n) is 10.6. The molecule has 2 aliphatic rings. The fourth-order valence-corrected chi connectivity index (χ4v) is 4.52. The molecule has 2 aromatic rings. The molecule has 1 saturated carbocycles. The standard InChI is InChI=1S/C26H34F3N3O4/c1-25(2,3)36-24(34)31-13-14-35-22(17-31)23(33)32(19-9-10-19)16-18-15-30(12-6-11-26(27,28)29)21-8-5-4-7-20(18)21/h4-5,7-8,15,19,22H,6,9-14,16-17H2,1-3H3. The van der Waals surface area contributed by atoms with Crippen LogP contribution in [0.5, 0.6) is 0 Å². The van der Waals surface area contributed by atoms with Crippen LogP contribution in [0.2, 0.25) is 0 Å². The Kier molecular flexibility index (Phi) is 7.54. The van der Waals surface area contributed by atoms with Crippen molar-refractivity contribution in [3.8, 4) is 0 Å². The van der Waals surface area contributed by atoms with Crippen molar-refractivity contribution in [1.29, 1.82) is 0 Å². The van der Waals surface area contributed by atoms with Gasteiger partial charge in [0.15, 0.2) is 6.10 Å². The third-order valence-corrected chi connectivity index (χ3v) is 6.34. The highest BCUT2D eigenvalue weighted by Crippen LogP contribution is 2.32. The van der Waals surface area contributed by atoms with E-state index in [1.54, 1.807) is 25.7 Å². The zero-order valence-corrected chi connectivity index (χ0v) is 21.0. The maximum absolute atomic E-state index is 13.6. The highest BCUT2D eigenvalue weighted by Gasteiger charge is 2.39. The van der Waals surface area contributed by atoms with Gasteiger partial charge in [-0.15, -0.1) is 0 Å². The normalized spacial score (nSPS) is 18.9. The highest BCUT2D eigenvalue weighted by molar-refractivity contribution is 5.86. The molecule has 1 aromatic carbocycles. The lowest BCUT2D eigenvalue weighted by Crippen LogP contribution is -2.53. The van der Waals surface area contributed by atoms with Gasteiger partial charge in [0.2, 0.25) is 0 Å². The molecule has 10 heteroatoms. The van der Waals surface area contributed by atoms with Crippen molar-refractivity contribution in [1.82, 2.24) is 14.4 Å². The molecule has 1 unspecified atom stereocenters. The van der Waals surface area contributed by atoms with E-state index >= 15 is 0 Å². The monoisotopic (exact) mass is 509 g/mol. The second kappa shape index (κ2) is 10.3. The van der Waals surface area contributed by atoms with Crippen molar-refractivity contribution < 1.29 is 32.2 Å². The first-order chi connectivity index (χ1) is 16.9. The fourth-order valence-electron chi connectivity index (χ4n) is 4.52. The van der Waals surface area contributed by atoms with Gasteiger partial charge in [-0.25, -0.2) is 4.79 Å². The average Bonchev–Trinajstić information content (AvgIpc) is 3.58. The van der Waals surface area contributed by atoms with E-state index in [9.17, 15) is 22.8 Å². The number of alkyl halides is 3. The van der Waals surface area contributed by atoms with Gasteiger partial charge in [0.1, 0.15) is 5.60 Å². The zero-order chi connectivity index (χ0) is 26.1. The number of fused-ring (bicyclic) bond motifs is 1. The molecule has 0 radical (unpaired) electrons. The fraction of sp³-hybridized carbons (Fsp3) is 0.615. The molecule has 0 spiro atoms. The zero-order valence-electron chi connectivity index (χ0n) is 21.0. The Balaban J connectivity index is 1.49. The number of carbonyl (C=O) groups excluding carboxylic acids is 2.